The fraction of sp³-hybridized carbons (Fsp3) is 0.0667. The first kappa shape index (κ1) is 16.5. The summed E-state index contributed by atoms with van der Waals surface area (Å²) in [7, 11) is 0. The van der Waals surface area contributed by atoms with Gasteiger partial charge < -0.3 is 10.2 Å². The zero-order valence-corrected chi connectivity index (χ0v) is 14.6. The lowest BCUT2D eigenvalue weighted by atomic mass is 10.2. The van der Waals surface area contributed by atoms with E-state index in [2.05, 4.69) is 26.1 Å². The van der Waals surface area contributed by atoms with Crippen LogP contribution in [0.2, 0.25) is 0 Å². The summed E-state index contributed by atoms with van der Waals surface area (Å²) in [5, 5.41) is 19.2. The van der Waals surface area contributed by atoms with E-state index in [9.17, 15) is 10.1 Å². The molecule has 0 atom stereocenters. The molecule has 0 unspecified atom stereocenters. The monoisotopic (exact) mass is 406 g/mol. The molecule has 7 nitrogen and oxygen atoms in total. The third kappa shape index (κ3) is 3.92. The molecule has 0 fully saturated rings. The van der Waals surface area contributed by atoms with Crippen LogP contribution in [0.3, 0.4) is 0 Å². The van der Waals surface area contributed by atoms with Crippen molar-refractivity contribution >= 4 is 39.1 Å². The number of halogens is 1. The van der Waals surface area contributed by atoms with E-state index in [0.29, 0.717) is 16.5 Å². The van der Waals surface area contributed by atoms with Gasteiger partial charge in [0.1, 0.15) is 0 Å². The van der Waals surface area contributed by atoms with Gasteiger partial charge in [0, 0.05) is 33.6 Å². The smallest absolute Gasteiger partial charge is 0.277 e. The number of thioether (sulfide) groups is 1. The lowest BCUT2D eigenvalue weighted by Gasteiger charge is -1.99. The molecule has 0 amide bonds. The van der Waals surface area contributed by atoms with E-state index >= 15 is 0 Å². The van der Waals surface area contributed by atoms with Crippen molar-refractivity contribution in [3.05, 3.63) is 62.6 Å². The Morgan fingerprint density at radius 2 is 1.96 bits per heavy atom. The molecule has 3 rings (SSSR count). The first-order valence-electron chi connectivity index (χ1n) is 6.77. The number of hydrogen-bond donors (Lipinski definition) is 1. The molecule has 0 radical (unpaired) electrons. The van der Waals surface area contributed by atoms with Crippen molar-refractivity contribution in [2.45, 2.75) is 11.0 Å². The average molecular weight is 407 g/mol. The van der Waals surface area contributed by atoms with Crippen molar-refractivity contribution in [2.75, 3.05) is 5.73 Å². The van der Waals surface area contributed by atoms with Gasteiger partial charge in [0.2, 0.25) is 5.89 Å². The number of nitrogens with two attached hydrogens (primary N) is 1. The Bertz CT molecular complexity index is 883. The summed E-state index contributed by atoms with van der Waals surface area (Å²) in [6.45, 7) is 0. The zero-order valence-electron chi connectivity index (χ0n) is 12.2. The molecule has 0 aliphatic heterocycles. The predicted molar refractivity (Wildman–Crippen MR) is 94.5 cm³/mol. The first-order chi connectivity index (χ1) is 11.5. The van der Waals surface area contributed by atoms with E-state index in [1.165, 1.54) is 23.9 Å². The first-order valence-corrected chi connectivity index (χ1v) is 8.55. The molecule has 24 heavy (non-hydrogen) atoms. The molecule has 3 aromatic rings. The molecule has 0 aliphatic carbocycles. The van der Waals surface area contributed by atoms with Crippen molar-refractivity contribution < 1.29 is 9.34 Å². The molecule has 0 aliphatic rings. The van der Waals surface area contributed by atoms with Crippen molar-refractivity contribution in [1.29, 1.82) is 0 Å². The SMILES string of the molecule is Nc1cc(-c2nnc(SCc3ccc(Br)cc3)o2)cc([N+](=O)[O-])c1. The fourth-order valence-electron chi connectivity index (χ4n) is 1.97. The highest BCUT2D eigenvalue weighted by Crippen LogP contribution is 2.29. The van der Waals surface area contributed by atoms with Crippen LogP contribution < -0.4 is 5.73 Å². The van der Waals surface area contributed by atoms with E-state index in [-0.39, 0.29) is 17.3 Å². The molecule has 1 aromatic heterocycles. The van der Waals surface area contributed by atoms with Gasteiger partial charge in [0.15, 0.2) is 0 Å². The second-order valence-corrected chi connectivity index (χ2v) is 6.70. The Kier molecular flexibility index (Phi) is 4.81. The largest absolute Gasteiger partial charge is 0.411 e. The minimum absolute atomic E-state index is 0.118. The van der Waals surface area contributed by atoms with Gasteiger partial charge >= 0.3 is 0 Å². The normalized spacial score (nSPS) is 10.7. The minimum Gasteiger partial charge on any atom is -0.411 e. The summed E-state index contributed by atoms with van der Waals surface area (Å²) in [5.74, 6) is 0.870. The number of nitrogens with zero attached hydrogens (tertiary/aromatic N) is 3. The molecule has 9 heteroatoms. The van der Waals surface area contributed by atoms with Gasteiger partial charge in [-0.15, -0.1) is 10.2 Å². The molecule has 0 saturated heterocycles. The van der Waals surface area contributed by atoms with Gasteiger partial charge in [-0.05, 0) is 23.8 Å². The van der Waals surface area contributed by atoms with Crippen LogP contribution >= 0.6 is 27.7 Å². The highest BCUT2D eigenvalue weighted by Gasteiger charge is 2.15. The minimum atomic E-state index is -0.514. The molecule has 2 aromatic carbocycles. The Morgan fingerprint density at radius 3 is 2.67 bits per heavy atom. The van der Waals surface area contributed by atoms with Crippen LogP contribution in [0, 0.1) is 10.1 Å². The summed E-state index contributed by atoms with van der Waals surface area (Å²) in [6, 6.07) is 12.1. The fourth-order valence-corrected chi connectivity index (χ4v) is 2.96. The number of nitro groups is 1. The molecule has 122 valence electrons. The van der Waals surface area contributed by atoms with Crippen LogP contribution in [-0.2, 0) is 5.75 Å². The predicted octanol–water partition coefficient (Wildman–Crippen LogP) is 4.28. The van der Waals surface area contributed by atoms with Gasteiger partial charge in [-0.3, -0.25) is 10.1 Å². The molecule has 0 spiro atoms. The van der Waals surface area contributed by atoms with Gasteiger partial charge in [-0.1, -0.05) is 39.8 Å². The molecule has 0 bridgehead atoms. The summed E-state index contributed by atoms with van der Waals surface area (Å²) in [6.07, 6.45) is 0. The number of nitro benzene ring substituents is 1. The number of anilines is 1. The number of nitrogen functional groups attached to an aromatic ring is 1. The Labute approximate surface area is 149 Å². The number of hydrogen-bond acceptors (Lipinski definition) is 7. The lowest BCUT2D eigenvalue weighted by Crippen LogP contribution is -1.92. The van der Waals surface area contributed by atoms with Crippen molar-refractivity contribution in [2.24, 2.45) is 0 Å². The van der Waals surface area contributed by atoms with Crippen LogP contribution in [0.25, 0.3) is 11.5 Å². The number of non-ortho nitro benzene ring substituents is 1. The molecule has 0 saturated carbocycles. The third-order valence-corrected chi connectivity index (χ3v) is 4.50. The van der Waals surface area contributed by atoms with Crippen LogP contribution in [0.4, 0.5) is 11.4 Å². The average Bonchev–Trinajstić information content (AvgIpc) is 3.03. The quantitative estimate of drug-likeness (QED) is 0.291. The second kappa shape index (κ2) is 7.02. The maximum atomic E-state index is 10.9. The van der Waals surface area contributed by atoms with E-state index < -0.39 is 4.92 Å². The Balaban J connectivity index is 1.75. The second-order valence-electron chi connectivity index (χ2n) is 4.86. The Morgan fingerprint density at radius 1 is 1.21 bits per heavy atom. The zero-order chi connectivity index (χ0) is 17.1. The maximum Gasteiger partial charge on any atom is 0.277 e. The topological polar surface area (TPSA) is 108 Å². The third-order valence-electron chi connectivity index (χ3n) is 3.08. The van der Waals surface area contributed by atoms with Gasteiger partial charge in [0.25, 0.3) is 10.9 Å². The number of rotatable bonds is 5. The number of benzene rings is 2. The van der Waals surface area contributed by atoms with Gasteiger partial charge in [-0.2, -0.15) is 0 Å². The van der Waals surface area contributed by atoms with E-state index in [1.54, 1.807) is 6.07 Å². The molecular weight excluding hydrogens is 396 g/mol. The van der Waals surface area contributed by atoms with Crippen molar-refractivity contribution in [1.82, 2.24) is 10.2 Å². The van der Waals surface area contributed by atoms with Crippen LogP contribution in [-0.4, -0.2) is 15.1 Å². The highest BCUT2D eigenvalue weighted by atomic mass is 79.9. The van der Waals surface area contributed by atoms with Crippen molar-refractivity contribution in [3.8, 4) is 11.5 Å². The Hall–Kier alpha value is -2.39. The summed E-state index contributed by atoms with van der Waals surface area (Å²) < 4.78 is 6.57. The maximum absolute atomic E-state index is 10.9. The summed E-state index contributed by atoms with van der Waals surface area (Å²) in [4.78, 5) is 10.4. The van der Waals surface area contributed by atoms with Crippen molar-refractivity contribution in [3.63, 3.8) is 0 Å². The molecular formula is C15H11BrN4O3S. The molecule has 1 heterocycles. The summed E-state index contributed by atoms with van der Waals surface area (Å²) in [5.41, 5.74) is 7.37. The number of aromatic nitrogens is 2. The van der Waals surface area contributed by atoms with E-state index in [4.69, 9.17) is 10.2 Å². The highest BCUT2D eigenvalue weighted by molar-refractivity contribution is 9.10. The van der Waals surface area contributed by atoms with Crippen LogP contribution in [0.1, 0.15) is 5.56 Å². The summed E-state index contributed by atoms with van der Waals surface area (Å²) >= 11 is 4.78. The van der Waals surface area contributed by atoms with Gasteiger partial charge in [0.05, 0.1) is 4.92 Å². The lowest BCUT2D eigenvalue weighted by molar-refractivity contribution is -0.384. The molecule has 2 N–H and O–H groups in total. The van der Waals surface area contributed by atoms with Gasteiger partial charge in [-0.25, -0.2) is 0 Å². The van der Waals surface area contributed by atoms with E-state index in [0.717, 1.165) is 10.0 Å². The van der Waals surface area contributed by atoms with Crippen LogP contribution in [0.5, 0.6) is 0 Å². The standard InChI is InChI=1S/C15H11BrN4O3S/c16-11-3-1-9(2-4-11)8-24-15-19-18-14(23-15)10-5-12(17)7-13(6-10)20(21)22/h1-7H,8,17H2. The van der Waals surface area contributed by atoms with Crippen LogP contribution in [0.15, 0.2) is 56.6 Å². The van der Waals surface area contributed by atoms with E-state index in [1.807, 2.05) is 24.3 Å².